The van der Waals surface area contributed by atoms with Crippen LogP contribution in [0, 0.1) is 0 Å². The first-order chi connectivity index (χ1) is 15.3. The van der Waals surface area contributed by atoms with E-state index in [1.165, 1.54) is 16.8 Å². The van der Waals surface area contributed by atoms with Gasteiger partial charge < -0.3 is 15.5 Å². The van der Waals surface area contributed by atoms with Crippen LogP contribution in [0.5, 0.6) is 0 Å². The Balaban J connectivity index is 1.18. The number of hydrogen-bond donors (Lipinski definition) is 2. The number of urea groups is 1. The molecule has 5 nitrogen and oxygen atoms in total. The number of carbonyl (C=O) groups excluding carboxylic acids is 1. The van der Waals surface area contributed by atoms with Crippen LogP contribution in [0.1, 0.15) is 11.1 Å². The summed E-state index contributed by atoms with van der Waals surface area (Å²) in [7, 11) is 0. The van der Waals surface area contributed by atoms with Crippen molar-refractivity contribution in [2.24, 2.45) is 0 Å². The third-order valence-corrected chi connectivity index (χ3v) is 5.65. The van der Waals surface area contributed by atoms with E-state index in [-0.39, 0.29) is 6.03 Å². The molecule has 0 spiro atoms. The Labute approximate surface area is 184 Å². The minimum absolute atomic E-state index is 0.166. The van der Waals surface area contributed by atoms with E-state index in [0.717, 1.165) is 44.8 Å². The number of amides is 2. The molecule has 2 amide bonds. The maximum Gasteiger partial charge on any atom is 0.319 e. The van der Waals surface area contributed by atoms with Crippen LogP contribution in [-0.4, -0.2) is 43.7 Å². The molecule has 0 aromatic heterocycles. The lowest BCUT2D eigenvalue weighted by Crippen LogP contribution is -2.45. The highest BCUT2D eigenvalue weighted by Crippen LogP contribution is 2.17. The minimum atomic E-state index is -0.166. The van der Waals surface area contributed by atoms with Gasteiger partial charge in [-0.05, 0) is 41.8 Å². The zero-order valence-corrected chi connectivity index (χ0v) is 17.8. The standard InChI is InChI=1S/C26H30N4O/c31-26(27-16-15-22-7-3-1-4-8-22)28-24-13-11-23(12-14-24)21-29-17-19-30(20-18-29)25-9-5-2-6-10-25/h1-14H,15-21H2,(H2,27,28,31). The largest absolute Gasteiger partial charge is 0.369 e. The van der Waals surface area contributed by atoms with Gasteiger partial charge in [-0.3, -0.25) is 4.90 Å². The maximum atomic E-state index is 12.1. The summed E-state index contributed by atoms with van der Waals surface area (Å²) < 4.78 is 0. The van der Waals surface area contributed by atoms with Crippen LogP contribution in [0.2, 0.25) is 0 Å². The molecule has 1 aliphatic heterocycles. The van der Waals surface area contributed by atoms with Gasteiger partial charge in [-0.25, -0.2) is 4.79 Å². The summed E-state index contributed by atoms with van der Waals surface area (Å²) in [6, 6.07) is 28.8. The number of nitrogens with one attached hydrogen (secondary N) is 2. The van der Waals surface area contributed by atoms with Crippen LogP contribution in [0.15, 0.2) is 84.9 Å². The Bertz CT molecular complexity index is 936. The van der Waals surface area contributed by atoms with Gasteiger partial charge in [0.05, 0.1) is 0 Å². The quantitative estimate of drug-likeness (QED) is 0.603. The lowest BCUT2D eigenvalue weighted by atomic mass is 10.1. The predicted octanol–water partition coefficient (Wildman–Crippen LogP) is 4.37. The van der Waals surface area contributed by atoms with Gasteiger partial charge >= 0.3 is 6.03 Å². The van der Waals surface area contributed by atoms with Crippen molar-refractivity contribution >= 4 is 17.4 Å². The second kappa shape index (κ2) is 10.6. The molecule has 0 bridgehead atoms. The molecule has 0 unspecified atom stereocenters. The SMILES string of the molecule is O=C(NCCc1ccccc1)Nc1ccc(CN2CCN(c3ccccc3)CC2)cc1. The van der Waals surface area contributed by atoms with Gasteiger partial charge in [-0.1, -0.05) is 60.7 Å². The van der Waals surface area contributed by atoms with Crippen LogP contribution >= 0.6 is 0 Å². The molecule has 1 heterocycles. The third kappa shape index (κ3) is 6.33. The van der Waals surface area contributed by atoms with Crippen molar-refractivity contribution in [3.05, 3.63) is 96.1 Å². The van der Waals surface area contributed by atoms with E-state index >= 15 is 0 Å². The topological polar surface area (TPSA) is 47.6 Å². The van der Waals surface area contributed by atoms with Crippen molar-refractivity contribution in [2.45, 2.75) is 13.0 Å². The van der Waals surface area contributed by atoms with Crippen LogP contribution in [0.3, 0.4) is 0 Å². The van der Waals surface area contributed by atoms with Crippen molar-refractivity contribution in [1.82, 2.24) is 10.2 Å². The molecular weight excluding hydrogens is 384 g/mol. The Hall–Kier alpha value is -3.31. The molecule has 0 atom stereocenters. The van der Waals surface area contributed by atoms with Crippen LogP contribution in [0.25, 0.3) is 0 Å². The Morgan fingerprint density at radius 2 is 1.39 bits per heavy atom. The average molecular weight is 415 g/mol. The molecule has 0 radical (unpaired) electrons. The van der Waals surface area contributed by atoms with E-state index in [1.807, 2.05) is 30.3 Å². The summed E-state index contributed by atoms with van der Waals surface area (Å²) in [4.78, 5) is 17.0. The van der Waals surface area contributed by atoms with E-state index in [2.05, 4.69) is 75.0 Å². The molecule has 0 saturated carbocycles. The summed E-state index contributed by atoms with van der Waals surface area (Å²) in [5.41, 5.74) is 4.61. The molecule has 3 aromatic rings. The fourth-order valence-electron chi connectivity index (χ4n) is 3.90. The molecule has 160 valence electrons. The predicted molar refractivity (Wildman–Crippen MR) is 128 cm³/mol. The molecule has 5 heteroatoms. The van der Waals surface area contributed by atoms with Crippen molar-refractivity contribution in [3.63, 3.8) is 0 Å². The fourth-order valence-corrected chi connectivity index (χ4v) is 3.90. The zero-order valence-electron chi connectivity index (χ0n) is 17.8. The monoisotopic (exact) mass is 414 g/mol. The average Bonchev–Trinajstić information content (AvgIpc) is 2.82. The van der Waals surface area contributed by atoms with Gasteiger partial charge in [0.15, 0.2) is 0 Å². The van der Waals surface area contributed by atoms with E-state index in [0.29, 0.717) is 6.54 Å². The first-order valence-corrected chi connectivity index (χ1v) is 11.0. The number of benzene rings is 3. The maximum absolute atomic E-state index is 12.1. The summed E-state index contributed by atoms with van der Waals surface area (Å²) in [5, 5.41) is 5.83. The Kier molecular flexibility index (Phi) is 7.19. The molecule has 4 rings (SSSR count). The van der Waals surface area contributed by atoms with Gasteiger partial charge in [0.2, 0.25) is 0 Å². The first-order valence-electron chi connectivity index (χ1n) is 11.0. The molecule has 3 aromatic carbocycles. The minimum Gasteiger partial charge on any atom is -0.369 e. The number of hydrogen-bond acceptors (Lipinski definition) is 3. The zero-order chi connectivity index (χ0) is 21.3. The normalized spacial score (nSPS) is 14.3. The van der Waals surface area contributed by atoms with E-state index < -0.39 is 0 Å². The fraction of sp³-hybridized carbons (Fsp3) is 0.269. The second-order valence-corrected chi connectivity index (χ2v) is 7.91. The summed E-state index contributed by atoms with van der Waals surface area (Å²) in [6.07, 6.45) is 0.824. The van der Waals surface area contributed by atoms with E-state index in [1.54, 1.807) is 0 Å². The molecule has 2 N–H and O–H groups in total. The third-order valence-electron chi connectivity index (χ3n) is 5.65. The Morgan fingerprint density at radius 3 is 2.06 bits per heavy atom. The van der Waals surface area contributed by atoms with Crippen molar-refractivity contribution in [1.29, 1.82) is 0 Å². The first kappa shape index (κ1) is 20.9. The molecule has 1 aliphatic rings. The smallest absolute Gasteiger partial charge is 0.319 e. The van der Waals surface area contributed by atoms with Crippen molar-refractivity contribution in [2.75, 3.05) is 42.9 Å². The molecule has 31 heavy (non-hydrogen) atoms. The molecule has 1 saturated heterocycles. The number of carbonyl (C=O) groups is 1. The Morgan fingerprint density at radius 1 is 0.742 bits per heavy atom. The summed E-state index contributed by atoms with van der Waals surface area (Å²) >= 11 is 0. The van der Waals surface area contributed by atoms with E-state index in [4.69, 9.17) is 0 Å². The number of rotatable bonds is 7. The lowest BCUT2D eigenvalue weighted by molar-refractivity contribution is 0.250. The van der Waals surface area contributed by atoms with E-state index in [9.17, 15) is 4.79 Å². The molecule has 0 aliphatic carbocycles. The van der Waals surface area contributed by atoms with Crippen LogP contribution in [-0.2, 0) is 13.0 Å². The number of piperazine rings is 1. The summed E-state index contributed by atoms with van der Waals surface area (Å²) in [6.45, 7) is 5.76. The highest BCUT2D eigenvalue weighted by molar-refractivity contribution is 5.89. The number of anilines is 2. The highest BCUT2D eigenvalue weighted by Gasteiger charge is 2.17. The lowest BCUT2D eigenvalue weighted by Gasteiger charge is -2.36. The van der Waals surface area contributed by atoms with Gasteiger partial charge in [0.1, 0.15) is 0 Å². The number of nitrogens with zero attached hydrogens (tertiary/aromatic N) is 2. The van der Waals surface area contributed by atoms with Gasteiger partial charge in [0, 0.05) is 50.6 Å². The van der Waals surface area contributed by atoms with Crippen LogP contribution < -0.4 is 15.5 Å². The van der Waals surface area contributed by atoms with Gasteiger partial charge in [0.25, 0.3) is 0 Å². The van der Waals surface area contributed by atoms with Crippen LogP contribution in [0.4, 0.5) is 16.2 Å². The highest BCUT2D eigenvalue weighted by atomic mass is 16.2. The van der Waals surface area contributed by atoms with Crippen molar-refractivity contribution in [3.8, 4) is 0 Å². The summed E-state index contributed by atoms with van der Waals surface area (Å²) in [5.74, 6) is 0. The van der Waals surface area contributed by atoms with Crippen molar-refractivity contribution < 1.29 is 4.79 Å². The number of para-hydroxylation sites is 1. The second-order valence-electron chi connectivity index (χ2n) is 7.91. The molecular formula is C26H30N4O. The van der Waals surface area contributed by atoms with Gasteiger partial charge in [-0.15, -0.1) is 0 Å². The van der Waals surface area contributed by atoms with Gasteiger partial charge in [-0.2, -0.15) is 0 Å². The molecule has 1 fully saturated rings.